The molecule has 1 amide bonds. The topological polar surface area (TPSA) is 67.0 Å². The molecule has 1 aromatic heterocycles. The van der Waals surface area contributed by atoms with E-state index in [0.29, 0.717) is 5.56 Å². The van der Waals surface area contributed by atoms with E-state index in [9.17, 15) is 4.79 Å². The van der Waals surface area contributed by atoms with E-state index in [1.54, 1.807) is 37.7 Å². The van der Waals surface area contributed by atoms with Crippen molar-refractivity contribution < 1.29 is 9.53 Å². The van der Waals surface area contributed by atoms with Crippen LogP contribution in [0.5, 0.6) is 5.75 Å². The molecule has 1 heterocycles. The zero-order chi connectivity index (χ0) is 18.9. The Morgan fingerprint density at radius 3 is 2.59 bits per heavy atom. The summed E-state index contributed by atoms with van der Waals surface area (Å²) in [6.07, 6.45) is 5.39. The van der Waals surface area contributed by atoms with Crippen molar-refractivity contribution in [1.29, 1.82) is 0 Å². The van der Waals surface area contributed by atoms with E-state index in [0.717, 1.165) is 24.3 Å². The Morgan fingerprint density at radius 2 is 1.93 bits per heavy atom. The van der Waals surface area contributed by atoms with Gasteiger partial charge in [-0.2, -0.15) is 0 Å². The Morgan fingerprint density at radius 1 is 1.19 bits per heavy atom. The molecule has 0 atom stereocenters. The fraction of sp³-hybridized carbons (Fsp3) is 0.273. The van der Waals surface area contributed by atoms with Gasteiger partial charge in [-0.05, 0) is 48.1 Å². The molecule has 2 aromatic carbocycles. The number of amides is 1. The van der Waals surface area contributed by atoms with Crippen LogP contribution in [0.3, 0.4) is 0 Å². The Balaban J connectivity index is 1.45. The zero-order valence-electron chi connectivity index (χ0n) is 15.5. The average Bonchev–Trinajstić information content (AvgIpc) is 3.21. The largest absolute Gasteiger partial charge is 0.497 e. The number of benzene rings is 2. The highest BCUT2D eigenvalue weighted by Gasteiger charge is 2.43. The minimum atomic E-state index is -0.0356. The van der Waals surface area contributed by atoms with Crippen LogP contribution in [0.2, 0.25) is 0 Å². The number of imidazole rings is 1. The predicted octanol–water partition coefficient (Wildman–Crippen LogP) is 3.94. The summed E-state index contributed by atoms with van der Waals surface area (Å²) in [5, 5.41) is 3.15. The maximum absolute atomic E-state index is 12.5. The van der Waals surface area contributed by atoms with Crippen LogP contribution in [0.4, 0.5) is 0 Å². The van der Waals surface area contributed by atoms with Crippen LogP contribution >= 0.6 is 0 Å². The van der Waals surface area contributed by atoms with Crippen LogP contribution in [0, 0.1) is 0 Å². The number of hydrogen-bond acceptors (Lipinski definition) is 3. The first-order chi connectivity index (χ1) is 13.1. The second-order valence-corrected chi connectivity index (χ2v) is 7.38. The molecule has 1 aliphatic rings. The van der Waals surface area contributed by atoms with Gasteiger partial charge in [0.25, 0.3) is 5.91 Å². The number of rotatable bonds is 5. The molecule has 5 heteroatoms. The summed E-state index contributed by atoms with van der Waals surface area (Å²) in [5.41, 5.74) is 4.20. The molecule has 5 nitrogen and oxygen atoms in total. The number of methoxy groups -OCH3 is 1. The van der Waals surface area contributed by atoms with Gasteiger partial charge >= 0.3 is 0 Å². The van der Waals surface area contributed by atoms with Crippen molar-refractivity contribution in [3.63, 3.8) is 0 Å². The number of nitrogens with zero attached hydrogens (tertiary/aromatic N) is 1. The van der Waals surface area contributed by atoms with E-state index >= 15 is 0 Å². The standard InChI is InChI=1S/C22H23N3O2/c1-22(19-6-4-3-5-18(19)20-13-23-14-24-20)11-16(12-22)25-21(26)15-7-9-17(27-2)10-8-15/h3-10,13-14,16H,11-12H2,1-2H3,(H,23,24)(H,25,26). The van der Waals surface area contributed by atoms with Crippen molar-refractivity contribution in [2.75, 3.05) is 7.11 Å². The molecule has 0 radical (unpaired) electrons. The highest BCUT2D eigenvalue weighted by atomic mass is 16.5. The number of aromatic amines is 1. The molecule has 0 unspecified atom stereocenters. The van der Waals surface area contributed by atoms with Crippen LogP contribution in [-0.4, -0.2) is 29.0 Å². The Kier molecular flexibility index (Phi) is 4.44. The van der Waals surface area contributed by atoms with Gasteiger partial charge in [0, 0.05) is 17.2 Å². The van der Waals surface area contributed by atoms with Crippen LogP contribution in [-0.2, 0) is 5.41 Å². The molecule has 4 rings (SSSR count). The molecule has 3 aromatic rings. The van der Waals surface area contributed by atoms with Gasteiger partial charge in [0.05, 0.1) is 25.3 Å². The highest BCUT2D eigenvalue weighted by molar-refractivity contribution is 5.94. The molecule has 138 valence electrons. The first-order valence-corrected chi connectivity index (χ1v) is 9.12. The fourth-order valence-electron chi connectivity index (χ4n) is 4.01. The number of carbonyl (C=O) groups excluding carboxylic acids is 1. The average molecular weight is 361 g/mol. The Bertz CT molecular complexity index is 926. The normalized spacial score (nSPS) is 21.3. The Hall–Kier alpha value is -3.08. The van der Waals surface area contributed by atoms with Crippen LogP contribution in [0.25, 0.3) is 11.3 Å². The molecule has 0 saturated heterocycles. The van der Waals surface area contributed by atoms with Gasteiger partial charge < -0.3 is 15.0 Å². The molecule has 0 bridgehead atoms. The molecule has 0 spiro atoms. The van der Waals surface area contributed by atoms with Crippen molar-refractivity contribution >= 4 is 5.91 Å². The summed E-state index contributed by atoms with van der Waals surface area (Å²) in [6, 6.07) is 15.8. The lowest BCUT2D eigenvalue weighted by Crippen LogP contribution is -2.51. The first kappa shape index (κ1) is 17.3. The minimum Gasteiger partial charge on any atom is -0.497 e. The van der Waals surface area contributed by atoms with Gasteiger partial charge in [0.2, 0.25) is 0 Å². The SMILES string of the molecule is COc1ccc(C(=O)NC2CC(C)(c3ccccc3-c3cnc[nH]3)C2)cc1. The Labute approximate surface area is 158 Å². The van der Waals surface area contributed by atoms with E-state index < -0.39 is 0 Å². The number of carbonyl (C=O) groups is 1. The van der Waals surface area contributed by atoms with Gasteiger partial charge in [0.1, 0.15) is 5.75 Å². The molecule has 1 fully saturated rings. The van der Waals surface area contributed by atoms with Crippen molar-refractivity contribution in [3.8, 4) is 17.0 Å². The molecule has 1 aliphatic carbocycles. The van der Waals surface area contributed by atoms with Gasteiger partial charge in [-0.1, -0.05) is 31.2 Å². The van der Waals surface area contributed by atoms with E-state index in [2.05, 4.69) is 40.4 Å². The molecular weight excluding hydrogens is 338 g/mol. The van der Waals surface area contributed by atoms with Gasteiger partial charge in [-0.15, -0.1) is 0 Å². The molecule has 0 aliphatic heterocycles. The molecule has 27 heavy (non-hydrogen) atoms. The summed E-state index contributed by atoms with van der Waals surface area (Å²) in [5.74, 6) is 0.713. The second kappa shape index (κ2) is 6.91. The minimum absolute atomic E-state index is 0.0356. The first-order valence-electron chi connectivity index (χ1n) is 9.12. The summed E-state index contributed by atoms with van der Waals surface area (Å²) in [7, 11) is 1.62. The zero-order valence-corrected chi connectivity index (χ0v) is 15.5. The van der Waals surface area contributed by atoms with Crippen molar-refractivity contribution in [2.45, 2.75) is 31.2 Å². The van der Waals surface area contributed by atoms with E-state index in [1.165, 1.54) is 11.1 Å². The molecule has 1 saturated carbocycles. The third kappa shape index (κ3) is 3.33. The second-order valence-electron chi connectivity index (χ2n) is 7.38. The predicted molar refractivity (Wildman–Crippen MR) is 105 cm³/mol. The summed E-state index contributed by atoms with van der Waals surface area (Å²) in [6.45, 7) is 2.26. The number of aromatic nitrogens is 2. The number of hydrogen-bond donors (Lipinski definition) is 2. The van der Waals surface area contributed by atoms with E-state index in [-0.39, 0.29) is 17.4 Å². The third-order valence-electron chi connectivity index (χ3n) is 5.45. The maximum atomic E-state index is 12.5. The quantitative estimate of drug-likeness (QED) is 0.723. The summed E-state index contributed by atoms with van der Waals surface area (Å²) in [4.78, 5) is 19.8. The maximum Gasteiger partial charge on any atom is 0.251 e. The fourth-order valence-corrected chi connectivity index (χ4v) is 4.01. The van der Waals surface area contributed by atoms with E-state index in [1.807, 2.05) is 12.3 Å². The number of H-pyrrole nitrogens is 1. The number of nitrogens with one attached hydrogen (secondary N) is 2. The third-order valence-corrected chi connectivity index (χ3v) is 5.45. The van der Waals surface area contributed by atoms with Gasteiger partial charge in [0.15, 0.2) is 0 Å². The molecular formula is C22H23N3O2. The summed E-state index contributed by atoms with van der Waals surface area (Å²) < 4.78 is 5.14. The van der Waals surface area contributed by atoms with Gasteiger partial charge in [-0.25, -0.2) is 4.98 Å². The lowest BCUT2D eigenvalue weighted by molar-refractivity contribution is 0.0874. The lowest BCUT2D eigenvalue weighted by atomic mass is 9.61. The molecule has 2 N–H and O–H groups in total. The van der Waals surface area contributed by atoms with Crippen LogP contribution < -0.4 is 10.1 Å². The van der Waals surface area contributed by atoms with Crippen molar-refractivity contribution in [3.05, 3.63) is 72.2 Å². The van der Waals surface area contributed by atoms with E-state index in [4.69, 9.17) is 4.74 Å². The lowest BCUT2D eigenvalue weighted by Gasteiger charge is -2.46. The monoisotopic (exact) mass is 361 g/mol. The van der Waals surface area contributed by atoms with Crippen LogP contribution in [0.1, 0.15) is 35.7 Å². The van der Waals surface area contributed by atoms with Gasteiger partial charge in [-0.3, -0.25) is 4.79 Å². The van der Waals surface area contributed by atoms with Crippen LogP contribution in [0.15, 0.2) is 61.1 Å². The number of ether oxygens (including phenoxy) is 1. The van der Waals surface area contributed by atoms with Crippen molar-refractivity contribution in [2.24, 2.45) is 0 Å². The van der Waals surface area contributed by atoms with Crippen molar-refractivity contribution in [1.82, 2.24) is 15.3 Å². The smallest absolute Gasteiger partial charge is 0.251 e. The highest BCUT2D eigenvalue weighted by Crippen LogP contribution is 2.46. The summed E-state index contributed by atoms with van der Waals surface area (Å²) >= 11 is 0.